The first kappa shape index (κ1) is 24.9. The zero-order valence-electron chi connectivity index (χ0n) is 21.2. The van der Waals surface area contributed by atoms with Crippen molar-refractivity contribution in [2.75, 3.05) is 12.4 Å². The number of carbonyl (C=O) groups is 2. The van der Waals surface area contributed by atoms with E-state index in [-0.39, 0.29) is 23.7 Å². The third-order valence-electron chi connectivity index (χ3n) is 6.33. The van der Waals surface area contributed by atoms with Gasteiger partial charge in [-0.3, -0.25) is 9.59 Å². The molecule has 1 fully saturated rings. The van der Waals surface area contributed by atoms with Gasteiger partial charge in [0.2, 0.25) is 11.8 Å². The molecule has 33 heavy (non-hydrogen) atoms. The van der Waals surface area contributed by atoms with Crippen LogP contribution >= 0.6 is 0 Å². The van der Waals surface area contributed by atoms with Crippen molar-refractivity contribution >= 4 is 17.5 Å². The highest BCUT2D eigenvalue weighted by molar-refractivity contribution is 5.92. The molecule has 1 aliphatic carbocycles. The lowest BCUT2D eigenvalue weighted by Crippen LogP contribution is -2.34. The van der Waals surface area contributed by atoms with E-state index in [1.54, 1.807) is 11.9 Å². The molecule has 1 atom stereocenters. The molecule has 2 aromatic rings. The van der Waals surface area contributed by atoms with Crippen LogP contribution in [-0.2, 0) is 16.0 Å². The van der Waals surface area contributed by atoms with Crippen molar-refractivity contribution in [3.8, 4) is 0 Å². The first-order chi connectivity index (χ1) is 15.5. The average molecular weight is 454 g/mol. The van der Waals surface area contributed by atoms with Crippen LogP contribution in [0.1, 0.15) is 94.7 Å². The summed E-state index contributed by atoms with van der Waals surface area (Å²) < 4.78 is 2.21. The number of nitrogens with one attached hydrogen (secondary N) is 1. The normalized spacial score (nSPS) is 14.8. The van der Waals surface area contributed by atoms with Crippen LogP contribution in [-0.4, -0.2) is 38.5 Å². The molecule has 1 aliphatic rings. The van der Waals surface area contributed by atoms with Crippen molar-refractivity contribution in [3.05, 3.63) is 41.0 Å². The molecule has 7 heteroatoms. The lowest BCUT2D eigenvalue weighted by Gasteiger charge is -2.27. The van der Waals surface area contributed by atoms with E-state index in [9.17, 15) is 9.59 Å². The van der Waals surface area contributed by atoms with E-state index in [2.05, 4.69) is 40.9 Å². The maximum Gasteiger partial charge on any atom is 0.226 e. The molecule has 0 aliphatic heterocycles. The van der Waals surface area contributed by atoms with Crippen LogP contribution in [0, 0.1) is 19.3 Å². The Labute approximate surface area is 198 Å². The summed E-state index contributed by atoms with van der Waals surface area (Å²) in [5.41, 5.74) is 3.23. The predicted octanol–water partition coefficient (Wildman–Crippen LogP) is 5.15. The summed E-state index contributed by atoms with van der Waals surface area (Å²) in [7, 11) is 1.74. The largest absolute Gasteiger partial charge is 0.335 e. The standard InChI is InChI=1S/C26H39N5O2/c1-17-10-13-21(18(2)15-17)27-24(33)16-22(30(7)19(3)32)25-29-28-23(31(25)20-11-12-20)9-8-14-26(4,5)6/h10,13,15,20,22H,8-9,11-12,14,16H2,1-7H3,(H,27,33)/t22-/m0/s1. The summed E-state index contributed by atoms with van der Waals surface area (Å²) in [6, 6.07) is 5.85. The third kappa shape index (κ3) is 6.65. The molecule has 1 aromatic carbocycles. The van der Waals surface area contributed by atoms with Gasteiger partial charge in [0.1, 0.15) is 11.9 Å². The lowest BCUT2D eigenvalue weighted by atomic mass is 9.90. The Morgan fingerprint density at radius 3 is 2.48 bits per heavy atom. The minimum Gasteiger partial charge on any atom is -0.335 e. The van der Waals surface area contributed by atoms with Gasteiger partial charge in [0, 0.05) is 32.1 Å². The van der Waals surface area contributed by atoms with Gasteiger partial charge in [-0.25, -0.2) is 0 Å². The van der Waals surface area contributed by atoms with Crippen LogP contribution in [0.5, 0.6) is 0 Å². The number of aromatic nitrogens is 3. The zero-order chi connectivity index (χ0) is 24.3. The molecule has 1 aromatic heterocycles. The van der Waals surface area contributed by atoms with Gasteiger partial charge < -0.3 is 14.8 Å². The van der Waals surface area contributed by atoms with E-state index in [0.717, 1.165) is 60.6 Å². The molecule has 1 saturated carbocycles. The predicted molar refractivity (Wildman–Crippen MR) is 131 cm³/mol. The number of benzene rings is 1. The summed E-state index contributed by atoms with van der Waals surface area (Å²) in [6.07, 6.45) is 5.30. The Kier molecular flexibility index (Phi) is 7.60. The minimum absolute atomic E-state index is 0.0982. The Morgan fingerprint density at radius 2 is 1.91 bits per heavy atom. The highest BCUT2D eigenvalue weighted by Gasteiger charge is 2.35. The van der Waals surface area contributed by atoms with Gasteiger partial charge in [-0.15, -0.1) is 10.2 Å². The van der Waals surface area contributed by atoms with E-state index in [0.29, 0.717) is 6.04 Å². The van der Waals surface area contributed by atoms with E-state index in [1.807, 2.05) is 32.0 Å². The number of hydrogen-bond donors (Lipinski definition) is 1. The van der Waals surface area contributed by atoms with Crippen LogP contribution in [0.4, 0.5) is 5.69 Å². The number of nitrogens with zero attached hydrogens (tertiary/aromatic N) is 4. The maximum absolute atomic E-state index is 13.0. The van der Waals surface area contributed by atoms with Crippen molar-refractivity contribution in [1.29, 1.82) is 0 Å². The molecule has 3 rings (SSSR count). The molecular formula is C26H39N5O2. The molecule has 1 heterocycles. The third-order valence-corrected chi connectivity index (χ3v) is 6.33. The second kappa shape index (κ2) is 10.1. The van der Waals surface area contributed by atoms with Crippen LogP contribution in [0.15, 0.2) is 18.2 Å². The van der Waals surface area contributed by atoms with Gasteiger partial charge in [-0.05, 0) is 56.6 Å². The number of rotatable bonds is 9. The van der Waals surface area contributed by atoms with Crippen molar-refractivity contribution in [2.45, 2.75) is 92.2 Å². The molecule has 2 amide bonds. The summed E-state index contributed by atoms with van der Waals surface area (Å²) >= 11 is 0. The molecule has 0 saturated heterocycles. The van der Waals surface area contributed by atoms with Gasteiger partial charge in [-0.2, -0.15) is 0 Å². The zero-order valence-corrected chi connectivity index (χ0v) is 21.2. The van der Waals surface area contributed by atoms with Gasteiger partial charge in [0.15, 0.2) is 5.82 Å². The average Bonchev–Trinajstić information content (AvgIpc) is 3.47. The van der Waals surface area contributed by atoms with E-state index in [4.69, 9.17) is 0 Å². The Bertz CT molecular complexity index is 1000. The van der Waals surface area contributed by atoms with E-state index in [1.165, 1.54) is 6.92 Å². The highest BCUT2D eigenvalue weighted by Crippen LogP contribution is 2.39. The first-order valence-electron chi connectivity index (χ1n) is 12.0. The van der Waals surface area contributed by atoms with Crippen molar-refractivity contribution < 1.29 is 9.59 Å². The number of amides is 2. The Balaban J connectivity index is 1.83. The van der Waals surface area contributed by atoms with Crippen molar-refractivity contribution in [1.82, 2.24) is 19.7 Å². The Morgan fingerprint density at radius 1 is 1.21 bits per heavy atom. The smallest absolute Gasteiger partial charge is 0.226 e. The van der Waals surface area contributed by atoms with Crippen LogP contribution in [0.2, 0.25) is 0 Å². The molecule has 1 N–H and O–H groups in total. The SMILES string of the molecule is CC(=O)N(C)[C@@H](CC(=O)Nc1ccc(C)cc1C)c1nnc(CCCC(C)(C)C)n1C1CC1. The monoisotopic (exact) mass is 453 g/mol. The molecular weight excluding hydrogens is 414 g/mol. The summed E-state index contributed by atoms with van der Waals surface area (Å²) in [4.78, 5) is 27.0. The first-order valence-corrected chi connectivity index (χ1v) is 12.0. The van der Waals surface area contributed by atoms with Gasteiger partial charge in [-0.1, -0.05) is 38.5 Å². The molecule has 0 unspecified atom stereocenters. The number of hydrogen-bond acceptors (Lipinski definition) is 4. The maximum atomic E-state index is 13.0. The van der Waals surface area contributed by atoms with Gasteiger partial charge >= 0.3 is 0 Å². The quantitative estimate of drug-likeness (QED) is 0.570. The summed E-state index contributed by atoms with van der Waals surface area (Å²) in [6.45, 7) is 12.3. The van der Waals surface area contributed by atoms with Gasteiger partial charge in [0.05, 0.1) is 6.42 Å². The fraction of sp³-hybridized carbons (Fsp3) is 0.615. The summed E-state index contributed by atoms with van der Waals surface area (Å²) in [5, 5.41) is 12.1. The number of carbonyl (C=O) groups excluding carboxylic acids is 2. The highest BCUT2D eigenvalue weighted by atomic mass is 16.2. The van der Waals surface area contributed by atoms with Crippen molar-refractivity contribution in [3.63, 3.8) is 0 Å². The topological polar surface area (TPSA) is 80.1 Å². The fourth-order valence-electron chi connectivity index (χ4n) is 4.19. The van der Waals surface area contributed by atoms with Crippen LogP contribution < -0.4 is 5.32 Å². The second-order valence-electron chi connectivity index (χ2n) is 10.7. The molecule has 0 spiro atoms. The van der Waals surface area contributed by atoms with E-state index < -0.39 is 6.04 Å². The number of anilines is 1. The molecule has 7 nitrogen and oxygen atoms in total. The van der Waals surface area contributed by atoms with E-state index >= 15 is 0 Å². The van der Waals surface area contributed by atoms with Crippen LogP contribution in [0.3, 0.4) is 0 Å². The fourth-order valence-corrected chi connectivity index (χ4v) is 4.19. The Hall–Kier alpha value is -2.70. The van der Waals surface area contributed by atoms with Gasteiger partial charge in [0.25, 0.3) is 0 Å². The molecule has 0 bridgehead atoms. The van der Waals surface area contributed by atoms with Crippen LogP contribution in [0.25, 0.3) is 0 Å². The van der Waals surface area contributed by atoms with Crippen molar-refractivity contribution in [2.24, 2.45) is 5.41 Å². The molecule has 0 radical (unpaired) electrons. The second-order valence-corrected chi connectivity index (χ2v) is 10.7. The lowest BCUT2D eigenvalue weighted by molar-refractivity contribution is -0.130. The molecule has 180 valence electrons. The number of aryl methyl sites for hydroxylation is 3. The summed E-state index contributed by atoms with van der Waals surface area (Å²) in [5.74, 6) is 1.45. The minimum atomic E-state index is -0.460.